The van der Waals surface area contributed by atoms with Crippen molar-refractivity contribution in [1.82, 2.24) is 9.97 Å². The number of ether oxygens (including phenoxy) is 1. The Hall–Kier alpha value is -4.50. The summed E-state index contributed by atoms with van der Waals surface area (Å²) in [6, 6.07) is 30.6. The molecule has 1 atom stereocenters. The number of fused-ring (bicyclic) bond motifs is 11. The zero-order chi connectivity index (χ0) is 25.5. The molecule has 0 fully saturated rings. The van der Waals surface area contributed by atoms with E-state index >= 15 is 0 Å². The van der Waals surface area contributed by atoms with Crippen molar-refractivity contribution in [2.75, 3.05) is 0 Å². The maximum absolute atomic E-state index is 6.62. The van der Waals surface area contributed by atoms with Gasteiger partial charge in [0.25, 0.3) is 0 Å². The van der Waals surface area contributed by atoms with E-state index in [0.29, 0.717) is 5.92 Å². The molecule has 5 aromatic carbocycles. The highest BCUT2D eigenvalue weighted by Gasteiger charge is 2.28. The molecule has 3 nitrogen and oxygen atoms in total. The molecule has 0 bridgehead atoms. The SMILES string of the molecule is CC(C)c1cccc2c1-c1ccc3cc4ccc5cc6ccc7cccnc7c6cc5c4nc3c1OC2C. The number of pyridine rings is 2. The molecule has 1 aliphatic heterocycles. The van der Waals surface area contributed by atoms with Crippen LogP contribution in [0.1, 0.15) is 43.9 Å². The van der Waals surface area contributed by atoms with Crippen LogP contribution < -0.4 is 4.74 Å². The first-order valence-electron chi connectivity index (χ1n) is 13.3. The first-order chi connectivity index (χ1) is 18.6. The molecule has 0 saturated carbocycles. The van der Waals surface area contributed by atoms with Crippen LogP contribution in [-0.2, 0) is 0 Å². The van der Waals surface area contributed by atoms with Gasteiger partial charge in [0, 0.05) is 44.3 Å². The molecule has 8 rings (SSSR count). The van der Waals surface area contributed by atoms with E-state index in [2.05, 4.69) is 99.6 Å². The molecule has 182 valence electrons. The van der Waals surface area contributed by atoms with E-state index in [9.17, 15) is 0 Å². The fraction of sp³-hybridized carbons (Fsp3) is 0.143. The Balaban J connectivity index is 1.47. The summed E-state index contributed by atoms with van der Waals surface area (Å²) in [6.45, 7) is 6.67. The van der Waals surface area contributed by atoms with E-state index in [-0.39, 0.29) is 6.10 Å². The number of hydrogen-bond donors (Lipinski definition) is 0. The molecule has 7 aromatic rings. The molecule has 1 aliphatic rings. The van der Waals surface area contributed by atoms with Crippen molar-refractivity contribution in [2.24, 2.45) is 0 Å². The monoisotopic (exact) mass is 490 g/mol. The zero-order valence-electron chi connectivity index (χ0n) is 21.6. The van der Waals surface area contributed by atoms with Gasteiger partial charge >= 0.3 is 0 Å². The topological polar surface area (TPSA) is 35.0 Å². The minimum Gasteiger partial charge on any atom is -0.483 e. The van der Waals surface area contributed by atoms with Gasteiger partial charge in [-0.05, 0) is 65.1 Å². The van der Waals surface area contributed by atoms with Crippen LogP contribution in [0, 0.1) is 0 Å². The molecule has 1 unspecified atom stereocenters. The van der Waals surface area contributed by atoms with Crippen molar-refractivity contribution in [3.05, 3.63) is 102 Å². The van der Waals surface area contributed by atoms with E-state index in [1.165, 1.54) is 27.5 Å². The molecular formula is C35H26N2O. The van der Waals surface area contributed by atoms with Gasteiger partial charge in [-0.15, -0.1) is 0 Å². The molecule has 0 aliphatic carbocycles. The Bertz CT molecular complexity index is 2090. The van der Waals surface area contributed by atoms with Crippen LogP contribution in [0.4, 0.5) is 0 Å². The van der Waals surface area contributed by atoms with Crippen LogP contribution in [0.15, 0.2) is 91.1 Å². The van der Waals surface area contributed by atoms with E-state index in [1.54, 1.807) is 0 Å². The highest BCUT2D eigenvalue weighted by Crippen LogP contribution is 2.48. The van der Waals surface area contributed by atoms with Crippen LogP contribution >= 0.6 is 0 Å². The lowest BCUT2D eigenvalue weighted by Crippen LogP contribution is -2.13. The molecule has 0 amide bonds. The summed E-state index contributed by atoms with van der Waals surface area (Å²) in [5, 5.41) is 8.04. The molecule has 0 spiro atoms. The normalized spacial score (nSPS) is 14.9. The largest absolute Gasteiger partial charge is 0.483 e. The number of rotatable bonds is 1. The highest BCUT2D eigenvalue weighted by atomic mass is 16.5. The fourth-order valence-corrected chi connectivity index (χ4v) is 6.31. The van der Waals surface area contributed by atoms with Crippen LogP contribution in [0.3, 0.4) is 0 Å². The number of nitrogens with zero attached hydrogens (tertiary/aromatic N) is 2. The van der Waals surface area contributed by atoms with Gasteiger partial charge < -0.3 is 4.74 Å². The molecule has 38 heavy (non-hydrogen) atoms. The number of hydrogen-bond acceptors (Lipinski definition) is 3. The van der Waals surface area contributed by atoms with Crippen LogP contribution in [0.5, 0.6) is 5.75 Å². The van der Waals surface area contributed by atoms with Crippen molar-refractivity contribution in [2.45, 2.75) is 32.8 Å². The molecule has 0 radical (unpaired) electrons. The van der Waals surface area contributed by atoms with Gasteiger partial charge in [0.1, 0.15) is 11.6 Å². The first-order valence-corrected chi connectivity index (χ1v) is 13.3. The lowest BCUT2D eigenvalue weighted by molar-refractivity contribution is 0.226. The van der Waals surface area contributed by atoms with Crippen LogP contribution in [-0.4, -0.2) is 9.97 Å². The summed E-state index contributed by atoms with van der Waals surface area (Å²) in [6.07, 6.45) is 1.84. The average molecular weight is 491 g/mol. The minimum absolute atomic E-state index is 0.0341. The van der Waals surface area contributed by atoms with E-state index < -0.39 is 0 Å². The van der Waals surface area contributed by atoms with Crippen LogP contribution in [0.2, 0.25) is 0 Å². The second-order valence-electron chi connectivity index (χ2n) is 10.8. The number of benzene rings is 5. The zero-order valence-corrected chi connectivity index (χ0v) is 21.6. The van der Waals surface area contributed by atoms with Gasteiger partial charge in [0.2, 0.25) is 0 Å². The Kier molecular flexibility index (Phi) is 4.40. The van der Waals surface area contributed by atoms with E-state index in [0.717, 1.165) is 54.8 Å². The maximum atomic E-state index is 6.62. The predicted octanol–water partition coefficient (Wildman–Crippen LogP) is 9.49. The van der Waals surface area contributed by atoms with Crippen molar-refractivity contribution >= 4 is 54.3 Å². The number of aromatic nitrogens is 2. The molecule has 3 heterocycles. The van der Waals surface area contributed by atoms with Gasteiger partial charge in [-0.1, -0.05) is 68.4 Å². The quantitative estimate of drug-likeness (QED) is 0.170. The van der Waals surface area contributed by atoms with Gasteiger partial charge in [-0.25, -0.2) is 4.98 Å². The second-order valence-corrected chi connectivity index (χ2v) is 10.8. The third kappa shape index (κ3) is 2.96. The highest BCUT2D eigenvalue weighted by molar-refractivity contribution is 6.17. The Labute approximate surface area is 220 Å². The third-order valence-electron chi connectivity index (χ3n) is 8.18. The molecule has 2 aromatic heterocycles. The standard InChI is InChI=1S/C35H26N2O/c1-19(2)26-7-4-8-27-20(3)38-35-28(31(26)27)14-13-25-17-24-12-11-23-16-22-10-9-21-6-5-15-36-32(21)29(22)18-30(23)33(24)37-34(25)35/h4-20H,1-3H3. The smallest absolute Gasteiger partial charge is 0.154 e. The lowest BCUT2D eigenvalue weighted by Gasteiger charge is -2.30. The molecule has 0 saturated heterocycles. The van der Waals surface area contributed by atoms with Crippen molar-refractivity contribution < 1.29 is 4.74 Å². The average Bonchev–Trinajstić information content (AvgIpc) is 2.95. The van der Waals surface area contributed by atoms with Gasteiger partial charge in [-0.3, -0.25) is 4.98 Å². The van der Waals surface area contributed by atoms with Crippen molar-refractivity contribution in [3.63, 3.8) is 0 Å². The van der Waals surface area contributed by atoms with Gasteiger partial charge in [-0.2, -0.15) is 0 Å². The van der Waals surface area contributed by atoms with Gasteiger partial charge in [0.15, 0.2) is 5.75 Å². The summed E-state index contributed by atoms with van der Waals surface area (Å²) in [5.41, 5.74) is 8.00. The van der Waals surface area contributed by atoms with Crippen molar-refractivity contribution in [1.29, 1.82) is 0 Å². The summed E-state index contributed by atoms with van der Waals surface area (Å²) in [7, 11) is 0. The summed E-state index contributed by atoms with van der Waals surface area (Å²) in [4.78, 5) is 10.1. The second kappa shape index (κ2) is 7.75. The van der Waals surface area contributed by atoms with Gasteiger partial charge in [0.05, 0.1) is 11.0 Å². The maximum Gasteiger partial charge on any atom is 0.154 e. The van der Waals surface area contributed by atoms with Crippen molar-refractivity contribution in [3.8, 4) is 16.9 Å². The van der Waals surface area contributed by atoms with Crippen LogP contribution in [0.25, 0.3) is 65.4 Å². The first kappa shape index (κ1) is 21.6. The summed E-state index contributed by atoms with van der Waals surface area (Å²) >= 11 is 0. The van der Waals surface area contributed by atoms with E-state index in [4.69, 9.17) is 14.7 Å². The fourth-order valence-electron chi connectivity index (χ4n) is 6.31. The molecular weight excluding hydrogens is 464 g/mol. The lowest BCUT2D eigenvalue weighted by atomic mass is 9.85. The van der Waals surface area contributed by atoms with E-state index in [1.807, 2.05) is 12.3 Å². The Morgan fingerprint density at radius 2 is 1.39 bits per heavy atom. The molecule has 3 heteroatoms. The molecule has 0 N–H and O–H groups in total. The summed E-state index contributed by atoms with van der Waals surface area (Å²) < 4.78 is 6.62. The third-order valence-corrected chi connectivity index (χ3v) is 8.18. The predicted molar refractivity (Wildman–Crippen MR) is 158 cm³/mol. The Morgan fingerprint density at radius 1 is 0.684 bits per heavy atom. The Morgan fingerprint density at radius 3 is 2.24 bits per heavy atom. The summed E-state index contributed by atoms with van der Waals surface area (Å²) in [5.74, 6) is 1.31. The minimum atomic E-state index is -0.0341.